The van der Waals surface area contributed by atoms with Crippen LogP contribution in [0, 0.1) is 0 Å². The zero-order valence-corrected chi connectivity index (χ0v) is 8.83. The van der Waals surface area contributed by atoms with E-state index in [0.29, 0.717) is 0 Å². The van der Waals surface area contributed by atoms with Crippen molar-refractivity contribution in [1.82, 2.24) is 0 Å². The standard InChI is InChI=1S/C8H14FN3O3/c1-4-6(11-12-10)5(9)7(13-2)8(14-3)15-4/h4-8H,1-3H3/t4-,5-,6-,7+,8+/m1/s1. The second-order valence-electron chi connectivity index (χ2n) is 3.29. The number of methoxy groups -OCH3 is 2. The number of ether oxygens (including phenoxy) is 3. The van der Waals surface area contributed by atoms with E-state index in [-0.39, 0.29) is 0 Å². The molecule has 1 fully saturated rings. The number of hydrogen-bond acceptors (Lipinski definition) is 4. The molecule has 0 unspecified atom stereocenters. The molecule has 1 aliphatic rings. The fourth-order valence-electron chi connectivity index (χ4n) is 1.62. The molecule has 0 amide bonds. The van der Waals surface area contributed by atoms with Gasteiger partial charge in [0.05, 0.1) is 12.1 Å². The number of alkyl halides is 1. The molecule has 7 heteroatoms. The van der Waals surface area contributed by atoms with Gasteiger partial charge in [0.15, 0.2) is 6.29 Å². The van der Waals surface area contributed by atoms with Crippen molar-refractivity contribution < 1.29 is 18.6 Å². The lowest BCUT2D eigenvalue weighted by atomic mass is 9.99. The minimum Gasteiger partial charge on any atom is -0.373 e. The van der Waals surface area contributed by atoms with Gasteiger partial charge in [-0.1, -0.05) is 5.11 Å². The molecule has 6 nitrogen and oxygen atoms in total. The number of halogens is 1. The van der Waals surface area contributed by atoms with Gasteiger partial charge < -0.3 is 14.2 Å². The lowest BCUT2D eigenvalue weighted by molar-refractivity contribution is -0.255. The maximum atomic E-state index is 13.8. The zero-order valence-electron chi connectivity index (χ0n) is 8.83. The molecular formula is C8H14FN3O3. The quantitative estimate of drug-likeness (QED) is 0.409. The molecule has 5 atom stereocenters. The van der Waals surface area contributed by atoms with Crippen LogP contribution in [0.3, 0.4) is 0 Å². The van der Waals surface area contributed by atoms with Crippen molar-refractivity contribution in [3.8, 4) is 0 Å². The average molecular weight is 219 g/mol. The Hall–Kier alpha value is -0.880. The molecule has 0 bridgehead atoms. The molecule has 1 rings (SSSR count). The molecule has 0 N–H and O–H groups in total. The summed E-state index contributed by atoms with van der Waals surface area (Å²) < 4.78 is 29.0. The highest BCUT2D eigenvalue weighted by Crippen LogP contribution is 2.27. The summed E-state index contributed by atoms with van der Waals surface area (Å²) in [5, 5.41) is 3.36. The molecule has 0 spiro atoms. The molecule has 0 aromatic heterocycles. The van der Waals surface area contributed by atoms with E-state index in [1.807, 2.05) is 0 Å². The van der Waals surface area contributed by atoms with Crippen LogP contribution in [-0.2, 0) is 14.2 Å². The number of azide groups is 1. The van der Waals surface area contributed by atoms with Crippen molar-refractivity contribution in [2.24, 2.45) is 5.11 Å². The second kappa shape index (κ2) is 5.27. The molecule has 0 aromatic carbocycles. The summed E-state index contributed by atoms with van der Waals surface area (Å²) in [6.45, 7) is 1.63. The Morgan fingerprint density at radius 1 is 1.40 bits per heavy atom. The normalized spacial score (nSPS) is 40.9. The Labute approximate surface area is 86.9 Å². The Balaban J connectivity index is 2.83. The van der Waals surface area contributed by atoms with Crippen LogP contribution >= 0.6 is 0 Å². The van der Waals surface area contributed by atoms with E-state index < -0.39 is 30.7 Å². The Morgan fingerprint density at radius 3 is 2.53 bits per heavy atom. The molecular weight excluding hydrogens is 205 g/mol. The van der Waals surface area contributed by atoms with E-state index in [9.17, 15) is 4.39 Å². The first-order valence-corrected chi connectivity index (χ1v) is 4.55. The van der Waals surface area contributed by atoms with Crippen LogP contribution in [0.25, 0.3) is 10.4 Å². The summed E-state index contributed by atoms with van der Waals surface area (Å²) in [7, 11) is 2.76. The third kappa shape index (κ3) is 2.38. The van der Waals surface area contributed by atoms with Gasteiger partial charge in [-0.3, -0.25) is 0 Å². The number of rotatable bonds is 3. The monoisotopic (exact) mass is 219 g/mol. The van der Waals surface area contributed by atoms with E-state index in [0.717, 1.165) is 0 Å². The minimum atomic E-state index is -1.43. The van der Waals surface area contributed by atoms with E-state index in [2.05, 4.69) is 10.0 Å². The van der Waals surface area contributed by atoms with Crippen LogP contribution in [0.4, 0.5) is 4.39 Å². The molecule has 1 aliphatic heterocycles. The third-order valence-corrected chi connectivity index (χ3v) is 2.43. The van der Waals surface area contributed by atoms with Crippen molar-refractivity contribution in [1.29, 1.82) is 0 Å². The van der Waals surface area contributed by atoms with Crippen molar-refractivity contribution >= 4 is 0 Å². The SMILES string of the molecule is CO[C@H]1O[C@H](C)[C@@H](N=[N+]=[N-])[C@@H](F)[C@@H]1OC. The fourth-order valence-corrected chi connectivity index (χ4v) is 1.62. The van der Waals surface area contributed by atoms with E-state index in [1.165, 1.54) is 14.2 Å². The van der Waals surface area contributed by atoms with Crippen molar-refractivity contribution in [2.75, 3.05) is 14.2 Å². The third-order valence-electron chi connectivity index (χ3n) is 2.43. The maximum Gasteiger partial charge on any atom is 0.186 e. The fraction of sp³-hybridized carbons (Fsp3) is 1.00. The highest BCUT2D eigenvalue weighted by atomic mass is 19.1. The molecule has 1 heterocycles. The number of hydrogen-bond donors (Lipinski definition) is 0. The maximum absolute atomic E-state index is 13.8. The van der Waals surface area contributed by atoms with Gasteiger partial charge in [0, 0.05) is 19.1 Å². The molecule has 86 valence electrons. The summed E-state index contributed by atoms with van der Waals surface area (Å²) in [5.74, 6) is 0. The first kappa shape index (κ1) is 12.2. The molecule has 1 saturated heterocycles. The van der Waals surface area contributed by atoms with Gasteiger partial charge in [0.2, 0.25) is 0 Å². The molecule has 0 aliphatic carbocycles. The lowest BCUT2D eigenvalue weighted by Gasteiger charge is -2.39. The van der Waals surface area contributed by atoms with Gasteiger partial charge in [-0.2, -0.15) is 0 Å². The summed E-state index contributed by atoms with van der Waals surface area (Å²) in [4.78, 5) is 2.59. The topological polar surface area (TPSA) is 76.5 Å². The summed E-state index contributed by atoms with van der Waals surface area (Å²) in [6.07, 6.45) is -3.61. The highest BCUT2D eigenvalue weighted by Gasteiger charge is 2.44. The largest absolute Gasteiger partial charge is 0.373 e. The summed E-state index contributed by atoms with van der Waals surface area (Å²) in [5.41, 5.74) is 8.30. The van der Waals surface area contributed by atoms with Gasteiger partial charge in [0.25, 0.3) is 0 Å². The molecule has 0 aromatic rings. The average Bonchev–Trinajstić information content (AvgIpc) is 2.23. The predicted octanol–water partition coefficient (Wildman–Crippen LogP) is 1.41. The smallest absolute Gasteiger partial charge is 0.186 e. The van der Waals surface area contributed by atoms with Crippen LogP contribution < -0.4 is 0 Å². The van der Waals surface area contributed by atoms with Crippen molar-refractivity contribution in [2.45, 2.75) is 37.6 Å². The summed E-state index contributed by atoms with van der Waals surface area (Å²) >= 11 is 0. The van der Waals surface area contributed by atoms with Crippen LogP contribution in [0.2, 0.25) is 0 Å². The van der Waals surface area contributed by atoms with Crippen LogP contribution in [-0.4, -0.2) is 44.9 Å². The predicted molar refractivity (Wildman–Crippen MR) is 50.0 cm³/mol. The summed E-state index contributed by atoms with van der Waals surface area (Å²) in [6, 6.07) is -0.883. The van der Waals surface area contributed by atoms with E-state index in [1.54, 1.807) is 6.92 Å². The van der Waals surface area contributed by atoms with Gasteiger partial charge >= 0.3 is 0 Å². The minimum absolute atomic E-state index is 0.535. The van der Waals surface area contributed by atoms with Gasteiger partial charge in [0.1, 0.15) is 12.3 Å². The van der Waals surface area contributed by atoms with Crippen molar-refractivity contribution in [3.63, 3.8) is 0 Å². The highest BCUT2D eigenvalue weighted by molar-refractivity contribution is 4.93. The van der Waals surface area contributed by atoms with Crippen molar-refractivity contribution in [3.05, 3.63) is 10.4 Å². The van der Waals surface area contributed by atoms with Crippen LogP contribution in [0.1, 0.15) is 6.92 Å². The van der Waals surface area contributed by atoms with Crippen LogP contribution in [0.5, 0.6) is 0 Å². The molecule has 0 saturated carbocycles. The van der Waals surface area contributed by atoms with Gasteiger partial charge in [-0.25, -0.2) is 4.39 Å². The Kier molecular flexibility index (Phi) is 4.28. The first-order valence-electron chi connectivity index (χ1n) is 4.55. The zero-order chi connectivity index (χ0) is 11.4. The Morgan fingerprint density at radius 2 is 2.07 bits per heavy atom. The van der Waals surface area contributed by atoms with Gasteiger partial charge in [-0.15, -0.1) is 0 Å². The second-order valence-corrected chi connectivity index (χ2v) is 3.29. The van der Waals surface area contributed by atoms with E-state index >= 15 is 0 Å². The molecule has 15 heavy (non-hydrogen) atoms. The first-order chi connectivity index (χ1) is 7.15. The lowest BCUT2D eigenvalue weighted by Crippen LogP contribution is -2.55. The van der Waals surface area contributed by atoms with Gasteiger partial charge in [-0.05, 0) is 12.5 Å². The Bertz CT molecular complexity index is 260. The van der Waals surface area contributed by atoms with Crippen LogP contribution in [0.15, 0.2) is 5.11 Å². The van der Waals surface area contributed by atoms with E-state index in [4.69, 9.17) is 19.7 Å². The number of nitrogens with zero attached hydrogens (tertiary/aromatic N) is 3. The molecule has 0 radical (unpaired) electrons.